The molecule has 0 bridgehead atoms. The lowest BCUT2D eigenvalue weighted by Gasteiger charge is -2.34. The minimum Gasteiger partial charge on any atom is -0.493 e. The molecule has 6 heteroatoms. The van der Waals surface area contributed by atoms with Gasteiger partial charge in [0.1, 0.15) is 11.6 Å². The highest BCUT2D eigenvalue weighted by molar-refractivity contribution is 5.85. The number of piperazine rings is 1. The number of carbonyl (C=O) groups is 1. The molecule has 118 valence electrons. The summed E-state index contributed by atoms with van der Waals surface area (Å²) in [5, 5.41) is 0. The summed E-state index contributed by atoms with van der Waals surface area (Å²) in [6.45, 7) is 7.45. The molecule has 0 N–H and O–H groups in total. The van der Waals surface area contributed by atoms with Gasteiger partial charge in [0, 0.05) is 45.2 Å². The van der Waals surface area contributed by atoms with Gasteiger partial charge in [0.15, 0.2) is 0 Å². The van der Waals surface area contributed by atoms with E-state index in [9.17, 15) is 9.18 Å². The van der Waals surface area contributed by atoms with Gasteiger partial charge in [0.2, 0.25) is 5.91 Å². The second-order valence-corrected chi connectivity index (χ2v) is 4.93. The van der Waals surface area contributed by atoms with Gasteiger partial charge in [-0.05, 0) is 19.1 Å². The van der Waals surface area contributed by atoms with Gasteiger partial charge >= 0.3 is 0 Å². The number of amides is 1. The van der Waals surface area contributed by atoms with E-state index in [1.807, 2.05) is 11.8 Å². The fourth-order valence-electron chi connectivity index (χ4n) is 2.43. The van der Waals surface area contributed by atoms with E-state index < -0.39 is 0 Å². The average Bonchev–Trinajstić information content (AvgIpc) is 2.43. The lowest BCUT2D eigenvalue weighted by molar-refractivity contribution is -0.130. The van der Waals surface area contributed by atoms with E-state index in [1.165, 1.54) is 6.07 Å². The molecule has 0 radical (unpaired) electrons. The van der Waals surface area contributed by atoms with Crippen LogP contribution in [0.2, 0.25) is 0 Å². The first kappa shape index (κ1) is 17.7. The Labute approximate surface area is 131 Å². The Morgan fingerprint density at radius 2 is 1.95 bits per heavy atom. The molecule has 21 heavy (non-hydrogen) atoms. The van der Waals surface area contributed by atoms with Crippen LogP contribution >= 0.6 is 12.4 Å². The fraction of sp³-hybridized carbons (Fsp3) is 0.533. The van der Waals surface area contributed by atoms with Crippen LogP contribution in [0.25, 0.3) is 0 Å². The number of hydrogen-bond acceptors (Lipinski definition) is 3. The summed E-state index contributed by atoms with van der Waals surface area (Å²) in [4.78, 5) is 15.3. The quantitative estimate of drug-likeness (QED) is 0.854. The zero-order chi connectivity index (χ0) is 14.5. The summed E-state index contributed by atoms with van der Waals surface area (Å²) in [7, 11) is 0. The summed E-state index contributed by atoms with van der Waals surface area (Å²) in [6, 6.07) is 4.93. The topological polar surface area (TPSA) is 32.8 Å². The molecule has 0 atom stereocenters. The van der Waals surface area contributed by atoms with Crippen LogP contribution in [0, 0.1) is 5.82 Å². The summed E-state index contributed by atoms with van der Waals surface area (Å²) in [5.41, 5.74) is 0.602. The summed E-state index contributed by atoms with van der Waals surface area (Å²) < 4.78 is 19.4. The molecule has 4 nitrogen and oxygen atoms in total. The first-order valence-corrected chi connectivity index (χ1v) is 7.00. The number of halogens is 2. The molecule has 1 fully saturated rings. The standard InChI is InChI=1S/C15H21FN2O2.ClH/c1-3-20-15-6-4-5-14(16)13(15)11-17-7-9-18(10-8-17)12(2)19;/h4-6H,3,7-11H2,1-2H3;1H. The summed E-state index contributed by atoms with van der Waals surface area (Å²) in [5.74, 6) is 0.483. The Morgan fingerprint density at radius 3 is 2.52 bits per heavy atom. The van der Waals surface area contributed by atoms with E-state index in [0.717, 1.165) is 13.1 Å². The van der Waals surface area contributed by atoms with Crippen molar-refractivity contribution in [2.75, 3.05) is 32.8 Å². The van der Waals surface area contributed by atoms with Crippen LogP contribution in [0.4, 0.5) is 4.39 Å². The van der Waals surface area contributed by atoms with Gasteiger partial charge in [-0.25, -0.2) is 4.39 Å². The van der Waals surface area contributed by atoms with Crippen molar-refractivity contribution in [1.82, 2.24) is 9.80 Å². The van der Waals surface area contributed by atoms with E-state index in [2.05, 4.69) is 4.90 Å². The predicted molar refractivity (Wildman–Crippen MR) is 82.3 cm³/mol. The van der Waals surface area contributed by atoms with Crippen LogP contribution in [0.1, 0.15) is 19.4 Å². The Hall–Kier alpha value is -1.33. The Balaban J connectivity index is 0.00000220. The lowest BCUT2D eigenvalue weighted by atomic mass is 10.1. The van der Waals surface area contributed by atoms with E-state index in [4.69, 9.17) is 4.74 Å². The number of hydrogen-bond donors (Lipinski definition) is 0. The van der Waals surface area contributed by atoms with Crippen LogP contribution in [0.5, 0.6) is 5.75 Å². The van der Waals surface area contributed by atoms with E-state index in [-0.39, 0.29) is 24.1 Å². The highest BCUT2D eigenvalue weighted by Crippen LogP contribution is 2.23. The van der Waals surface area contributed by atoms with Crippen molar-refractivity contribution in [3.05, 3.63) is 29.6 Å². The molecule has 0 aromatic heterocycles. The Kier molecular flexibility index (Phi) is 6.92. The van der Waals surface area contributed by atoms with E-state index in [0.29, 0.717) is 37.6 Å². The van der Waals surface area contributed by atoms with Crippen molar-refractivity contribution < 1.29 is 13.9 Å². The normalized spacial score (nSPS) is 15.5. The van der Waals surface area contributed by atoms with Gasteiger partial charge in [-0.1, -0.05) is 6.07 Å². The number of rotatable bonds is 4. The number of nitrogens with zero attached hydrogens (tertiary/aromatic N) is 2. The second kappa shape index (κ2) is 8.20. The zero-order valence-corrected chi connectivity index (χ0v) is 13.3. The van der Waals surface area contributed by atoms with Crippen molar-refractivity contribution in [2.45, 2.75) is 20.4 Å². The molecule has 2 rings (SSSR count). The predicted octanol–water partition coefficient (Wildman–Crippen LogP) is 2.31. The largest absolute Gasteiger partial charge is 0.493 e. The zero-order valence-electron chi connectivity index (χ0n) is 12.5. The number of benzene rings is 1. The van der Waals surface area contributed by atoms with Gasteiger partial charge in [0.05, 0.1) is 6.61 Å². The SMILES string of the molecule is CCOc1cccc(F)c1CN1CCN(C(C)=O)CC1.Cl. The molecular weight excluding hydrogens is 295 g/mol. The molecule has 0 saturated carbocycles. The van der Waals surface area contributed by atoms with E-state index in [1.54, 1.807) is 19.1 Å². The van der Waals surface area contributed by atoms with Crippen molar-refractivity contribution in [1.29, 1.82) is 0 Å². The maximum atomic E-state index is 14.0. The number of ether oxygens (including phenoxy) is 1. The van der Waals surface area contributed by atoms with Gasteiger partial charge in [-0.2, -0.15) is 0 Å². The number of carbonyl (C=O) groups excluding carboxylic acids is 1. The second-order valence-electron chi connectivity index (χ2n) is 4.93. The van der Waals surface area contributed by atoms with Crippen LogP contribution in [-0.4, -0.2) is 48.5 Å². The highest BCUT2D eigenvalue weighted by Gasteiger charge is 2.21. The van der Waals surface area contributed by atoms with E-state index >= 15 is 0 Å². The average molecular weight is 317 g/mol. The minimum absolute atomic E-state index is 0. The molecule has 1 aromatic rings. The summed E-state index contributed by atoms with van der Waals surface area (Å²) >= 11 is 0. The molecule has 0 aliphatic carbocycles. The van der Waals surface area contributed by atoms with Gasteiger partial charge in [-0.15, -0.1) is 12.4 Å². The van der Waals surface area contributed by atoms with Gasteiger partial charge in [-0.3, -0.25) is 9.69 Å². The van der Waals surface area contributed by atoms with Crippen molar-refractivity contribution in [3.63, 3.8) is 0 Å². The first-order chi connectivity index (χ1) is 9.61. The third kappa shape index (κ3) is 4.58. The Bertz CT molecular complexity index is 477. The molecule has 1 aliphatic heterocycles. The Morgan fingerprint density at radius 1 is 1.29 bits per heavy atom. The van der Waals surface area contributed by atoms with Gasteiger partial charge < -0.3 is 9.64 Å². The minimum atomic E-state index is -0.232. The van der Waals surface area contributed by atoms with Crippen LogP contribution in [0.15, 0.2) is 18.2 Å². The molecule has 0 unspecified atom stereocenters. The van der Waals surface area contributed by atoms with Crippen LogP contribution < -0.4 is 4.74 Å². The van der Waals surface area contributed by atoms with Crippen molar-refractivity contribution >= 4 is 18.3 Å². The summed E-state index contributed by atoms with van der Waals surface area (Å²) in [6.07, 6.45) is 0. The maximum absolute atomic E-state index is 14.0. The first-order valence-electron chi connectivity index (χ1n) is 7.00. The third-order valence-corrected chi connectivity index (χ3v) is 3.58. The maximum Gasteiger partial charge on any atom is 0.219 e. The lowest BCUT2D eigenvalue weighted by Crippen LogP contribution is -2.47. The molecule has 1 heterocycles. The van der Waals surface area contributed by atoms with Crippen molar-refractivity contribution in [3.8, 4) is 5.75 Å². The molecule has 1 amide bonds. The van der Waals surface area contributed by atoms with Crippen LogP contribution in [0.3, 0.4) is 0 Å². The smallest absolute Gasteiger partial charge is 0.219 e. The molecular formula is C15H22ClFN2O2. The molecule has 1 aromatic carbocycles. The third-order valence-electron chi connectivity index (χ3n) is 3.58. The van der Waals surface area contributed by atoms with Crippen molar-refractivity contribution in [2.24, 2.45) is 0 Å². The van der Waals surface area contributed by atoms with Gasteiger partial charge in [0.25, 0.3) is 0 Å². The van der Waals surface area contributed by atoms with Crippen LogP contribution in [-0.2, 0) is 11.3 Å². The monoisotopic (exact) mass is 316 g/mol. The molecule has 1 aliphatic rings. The highest BCUT2D eigenvalue weighted by atomic mass is 35.5. The molecule has 1 saturated heterocycles. The molecule has 0 spiro atoms. The fourth-order valence-corrected chi connectivity index (χ4v) is 2.43.